The van der Waals surface area contributed by atoms with Crippen molar-refractivity contribution in [1.29, 1.82) is 0 Å². The summed E-state index contributed by atoms with van der Waals surface area (Å²) in [5, 5.41) is 0. The summed E-state index contributed by atoms with van der Waals surface area (Å²) in [5.41, 5.74) is 9.64. The van der Waals surface area contributed by atoms with Gasteiger partial charge < -0.3 is 5.73 Å². The second kappa shape index (κ2) is 3.77. The van der Waals surface area contributed by atoms with Gasteiger partial charge in [-0.05, 0) is 19.7 Å². The lowest BCUT2D eigenvalue weighted by Crippen LogP contribution is -2.20. The Morgan fingerprint density at radius 2 is 2.46 bits per heavy atom. The van der Waals surface area contributed by atoms with Crippen LogP contribution in [0, 0.1) is 0 Å². The van der Waals surface area contributed by atoms with Crippen LogP contribution in [-0.2, 0) is 0 Å². The Labute approximate surface area is 76.7 Å². The van der Waals surface area contributed by atoms with Crippen LogP contribution in [0.1, 0.15) is 12.5 Å². The Morgan fingerprint density at radius 1 is 1.77 bits per heavy atom. The van der Waals surface area contributed by atoms with Crippen LogP contribution in [0.5, 0.6) is 0 Å². The zero-order valence-corrected chi connectivity index (χ0v) is 7.49. The smallest absolute Gasteiger partial charge is 0.160 e. The minimum absolute atomic E-state index is 0.609. The molecule has 70 valence electrons. The van der Waals surface area contributed by atoms with E-state index in [0.717, 1.165) is 5.56 Å². The minimum atomic E-state index is 0.609. The van der Waals surface area contributed by atoms with Gasteiger partial charge in [0.15, 0.2) is 5.82 Å². The number of nitrogens with two attached hydrogens (primary N) is 2. The SMILES string of the molecule is C=Nc1c(/C(N)=C\C)ccn1NN. The number of hydrogen-bond donors (Lipinski definition) is 3. The fourth-order valence-corrected chi connectivity index (χ4v) is 1.07. The molecular formula is C8H13N5. The molecule has 1 aromatic rings. The summed E-state index contributed by atoms with van der Waals surface area (Å²) in [6, 6.07) is 1.82. The van der Waals surface area contributed by atoms with Gasteiger partial charge in [0.1, 0.15) is 0 Å². The first-order chi connectivity index (χ1) is 6.24. The van der Waals surface area contributed by atoms with Crippen LogP contribution in [-0.4, -0.2) is 11.4 Å². The molecule has 0 aliphatic carbocycles. The lowest BCUT2D eigenvalue weighted by molar-refractivity contribution is 0.889. The average Bonchev–Trinajstić information content (AvgIpc) is 2.58. The maximum atomic E-state index is 5.73. The molecule has 1 rings (SSSR count). The molecule has 0 aromatic carbocycles. The van der Waals surface area contributed by atoms with E-state index in [1.54, 1.807) is 16.9 Å². The summed E-state index contributed by atoms with van der Waals surface area (Å²) in [6.45, 7) is 5.30. The summed E-state index contributed by atoms with van der Waals surface area (Å²) in [5.74, 6) is 5.86. The second-order valence-corrected chi connectivity index (χ2v) is 2.45. The third-order valence-electron chi connectivity index (χ3n) is 1.77. The summed E-state index contributed by atoms with van der Waals surface area (Å²) < 4.78 is 1.54. The average molecular weight is 179 g/mol. The third kappa shape index (κ3) is 1.54. The van der Waals surface area contributed by atoms with Crippen molar-refractivity contribution in [2.45, 2.75) is 6.92 Å². The van der Waals surface area contributed by atoms with Crippen molar-refractivity contribution < 1.29 is 0 Å². The van der Waals surface area contributed by atoms with E-state index in [4.69, 9.17) is 11.6 Å². The van der Waals surface area contributed by atoms with Crippen molar-refractivity contribution in [3.8, 4) is 0 Å². The largest absolute Gasteiger partial charge is 0.398 e. The molecular weight excluding hydrogens is 166 g/mol. The lowest BCUT2D eigenvalue weighted by Gasteiger charge is -2.04. The van der Waals surface area contributed by atoms with Crippen molar-refractivity contribution >= 4 is 18.2 Å². The highest BCUT2D eigenvalue weighted by atomic mass is 15.6. The first-order valence-electron chi connectivity index (χ1n) is 3.81. The van der Waals surface area contributed by atoms with Gasteiger partial charge in [-0.2, -0.15) is 0 Å². The molecule has 0 spiro atoms. The van der Waals surface area contributed by atoms with Gasteiger partial charge in [0.25, 0.3) is 0 Å². The number of aromatic nitrogens is 1. The number of hydrazine groups is 1. The molecule has 5 N–H and O–H groups in total. The molecule has 0 amide bonds. The highest BCUT2D eigenvalue weighted by Gasteiger charge is 2.07. The summed E-state index contributed by atoms with van der Waals surface area (Å²) in [4.78, 5) is 3.82. The fraction of sp³-hybridized carbons (Fsp3) is 0.125. The predicted molar refractivity (Wildman–Crippen MR) is 55.0 cm³/mol. The van der Waals surface area contributed by atoms with E-state index in [9.17, 15) is 0 Å². The number of nitrogens with one attached hydrogen (secondary N) is 1. The lowest BCUT2D eigenvalue weighted by atomic mass is 10.2. The number of allylic oxidation sites excluding steroid dienone is 1. The van der Waals surface area contributed by atoms with Crippen molar-refractivity contribution in [2.24, 2.45) is 16.6 Å². The molecule has 0 bridgehead atoms. The molecule has 0 unspecified atom stereocenters. The van der Waals surface area contributed by atoms with Gasteiger partial charge in [0, 0.05) is 17.5 Å². The van der Waals surface area contributed by atoms with Gasteiger partial charge in [-0.3, -0.25) is 5.53 Å². The van der Waals surface area contributed by atoms with Crippen molar-refractivity contribution in [3.63, 3.8) is 0 Å². The summed E-state index contributed by atoms with van der Waals surface area (Å²) in [6.07, 6.45) is 3.53. The van der Waals surface area contributed by atoms with Crippen molar-refractivity contribution in [1.82, 2.24) is 4.68 Å². The van der Waals surface area contributed by atoms with Gasteiger partial charge in [0.2, 0.25) is 0 Å². The topological polar surface area (TPSA) is 81.4 Å². The number of nitrogens with zero attached hydrogens (tertiary/aromatic N) is 2. The van der Waals surface area contributed by atoms with Gasteiger partial charge in [-0.25, -0.2) is 15.5 Å². The van der Waals surface area contributed by atoms with Crippen LogP contribution in [0.2, 0.25) is 0 Å². The van der Waals surface area contributed by atoms with Crippen LogP contribution >= 0.6 is 0 Å². The Balaban J connectivity index is 3.23. The van der Waals surface area contributed by atoms with Crippen molar-refractivity contribution in [2.75, 3.05) is 5.53 Å². The molecule has 0 fully saturated rings. The predicted octanol–water partition coefficient (Wildman–Crippen LogP) is 0.557. The van der Waals surface area contributed by atoms with E-state index in [-0.39, 0.29) is 0 Å². The molecule has 5 heteroatoms. The fourth-order valence-electron chi connectivity index (χ4n) is 1.07. The Hall–Kier alpha value is -1.75. The maximum absolute atomic E-state index is 5.73. The molecule has 1 aromatic heterocycles. The molecule has 0 saturated heterocycles. The van der Waals surface area contributed by atoms with E-state index < -0.39 is 0 Å². The maximum Gasteiger partial charge on any atom is 0.160 e. The first-order valence-corrected chi connectivity index (χ1v) is 3.81. The quantitative estimate of drug-likeness (QED) is 0.360. The monoisotopic (exact) mass is 179 g/mol. The summed E-state index contributed by atoms with van der Waals surface area (Å²) >= 11 is 0. The molecule has 0 radical (unpaired) electrons. The van der Waals surface area contributed by atoms with Crippen LogP contribution in [0.4, 0.5) is 5.82 Å². The van der Waals surface area contributed by atoms with Crippen LogP contribution in [0.15, 0.2) is 23.3 Å². The second-order valence-electron chi connectivity index (χ2n) is 2.45. The van der Waals surface area contributed by atoms with E-state index in [0.29, 0.717) is 11.5 Å². The molecule has 5 nitrogen and oxygen atoms in total. The van der Waals surface area contributed by atoms with Gasteiger partial charge in [-0.15, -0.1) is 0 Å². The standard InChI is InChI=1S/C8H13N5/c1-3-7(9)6-4-5-13(12-10)8(6)11-2/h3-5,12H,2,9-10H2,1H3/b7-3+. The van der Waals surface area contributed by atoms with Gasteiger partial charge >= 0.3 is 0 Å². The molecule has 0 aliphatic rings. The number of rotatable bonds is 3. The van der Waals surface area contributed by atoms with E-state index in [1.807, 2.05) is 13.0 Å². The molecule has 0 atom stereocenters. The molecule has 0 aliphatic heterocycles. The Bertz CT molecular complexity index is 336. The zero-order chi connectivity index (χ0) is 9.84. The number of hydrogen-bond acceptors (Lipinski definition) is 4. The van der Waals surface area contributed by atoms with Crippen molar-refractivity contribution in [3.05, 3.63) is 23.9 Å². The first kappa shape index (κ1) is 9.34. The normalized spacial score (nSPS) is 11.4. The van der Waals surface area contributed by atoms with Gasteiger partial charge in [0.05, 0.1) is 0 Å². The molecule has 1 heterocycles. The van der Waals surface area contributed by atoms with Crippen LogP contribution in [0.3, 0.4) is 0 Å². The van der Waals surface area contributed by atoms with E-state index in [2.05, 4.69) is 17.2 Å². The highest BCUT2D eigenvalue weighted by Crippen LogP contribution is 2.23. The van der Waals surface area contributed by atoms with E-state index >= 15 is 0 Å². The Kier molecular flexibility index (Phi) is 2.71. The Morgan fingerprint density at radius 3 is 2.92 bits per heavy atom. The minimum Gasteiger partial charge on any atom is -0.398 e. The summed E-state index contributed by atoms with van der Waals surface area (Å²) in [7, 11) is 0. The van der Waals surface area contributed by atoms with Crippen LogP contribution < -0.4 is 17.1 Å². The molecule has 0 saturated carbocycles. The van der Waals surface area contributed by atoms with Crippen LogP contribution in [0.25, 0.3) is 5.70 Å². The zero-order valence-electron chi connectivity index (χ0n) is 7.49. The van der Waals surface area contributed by atoms with E-state index in [1.165, 1.54) is 0 Å². The third-order valence-corrected chi connectivity index (χ3v) is 1.77. The number of nitrogen functional groups attached to an aromatic ring is 1. The molecule has 13 heavy (non-hydrogen) atoms. The number of aliphatic imine (C=N–C) groups is 1. The van der Waals surface area contributed by atoms with Gasteiger partial charge in [-0.1, -0.05) is 6.08 Å². The highest BCUT2D eigenvalue weighted by molar-refractivity contribution is 5.72.